The van der Waals surface area contributed by atoms with Crippen LogP contribution < -0.4 is 5.32 Å². The Morgan fingerprint density at radius 3 is 2.36 bits per heavy atom. The van der Waals surface area contributed by atoms with E-state index in [1.807, 2.05) is 0 Å². The monoisotopic (exact) mass is 223 g/mol. The van der Waals surface area contributed by atoms with Crippen LogP contribution in [0.2, 0.25) is 0 Å². The summed E-state index contributed by atoms with van der Waals surface area (Å²) < 4.78 is 26.8. The predicted molar refractivity (Wildman–Crippen MR) is 58.3 cm³/mol. The number of nitrogens with one attached hydrogen (secondary N) is 1. The second-order valence-corrected chi connectivity index (χ2v) is 6.70. The van der Waals surface area contributed by atoms with E-state index in [4.69, 9.17) is 4.74 Å². The molecule has 0 saturated carbocycles. The van der Waals surface area contributed by atoms with Crippen molar-refractivity contribution in [2.75, 3.05) is 33.1 Å². The Balaban J connectivity index is 3.79. The summed E-state index contributed by atoms with van der Waals surface area (Å²) in [6.07, 6.45) is 2.17. The lowest BCUT2D eigenvalue weighted by Gasteiger charge is -2.22. The van der Waals surface area contributed by atoms with Gasteiger partial charge in [0.25, 0.3) is 0 Å². The molecule has 0 amide bonds. The minimum Gasteiger partial charge on any atom is -0.385 e. The lowest BCUT2D eigenvalue weighted by Crippen LogP contribution is -2.42. The molecule has 0 unspecified atom stereocenters. The van der Waals surface area contributed by atoms with Gasteiger partial charge in [-0.25, -0.2) is 8.42 Å². The third kappa shape index (κ3) is 4.93. The first-order chi connectivity index (χ1) is 6.31. The largest absolute Gasteiger partial charge is 0.385 e. The molecule has 0 aliphatic heterocycles. The van der Waals surface area contributed by atoms with E-state index < -0.39 is 14.6 Å². The summed E-state index contributed by atoms with van der Waals surface area (Å²) in [6, 6.07) is 0. The van der Waals surface area contributed by atoms with Crippen LogP contribution in [0.1, 0.15) is 20.3 Å². The van der Waals surface area contributed by atoms with E-state index in [2.05, 4.69) is 5.32 Å². The van der Waals surface area contributed by atoms with Crippen LogP contribution in [0.15, 0.2) is 0 Å². The van der Waals surface area contributed by atoms with E-state index in [0.717, 1.165) is 13.0 Å². The highest BCUT2D eigenvalue weighted by Gasteiger charge is 2.29. The molecular weight excluding hydrogens is 202 g/mol. The van der Waals surface area contributed by atoms with Gasteiger partial charge < -0.3 is 10.1 Å². The molecule has 0 aliphatic rings. The summed E-state index contributed by atoms with van der Waals surface area (Å²) in [7, 11) is -1.34. The molecular formula is C9H21NO3S. The van der Waals surface area contributed by atoms with Crippen molar-refractivity contribution in [1.29, 1.82) is 0 Å². The normalized spacial score (nSPS) is 13.1. The topological polar surface area (TPSA) is 55.4 Å². The highest BCUT2D eigenvalue weighted by molar-refractivity contribution is 7.92. The maximum absolute atomic E-state index is 11.3. The SMILES string of the molecule is COCCCNCC(C)(C)S(C)(=O)=O. The Bertz CT molecular complexity index is 247. The van der Waals surface area contributed by atoms with Crippen molar-refractivity contribution >= 4 is 9.84 Å². The average Bonchev–Trinajstić information content (AvgIpc) is 2.02. The van der Waals surface area contributed by atoms with Crippen LogP contribution in [0.25, 0.3) is 0 Å². The Labute approximate surface area is 86.9 Å². The van der Waals surface area contributed by atoms with E-state index in [9.17, 15) is 8.42 Å². The number of ether oxygens (including phenoxy) is 1. The van der Waals surface area contributed by atoms with Crippen molar-refractivity contribution in [3.8, 4) is 0 Å². The number of methoxy groups -OCH3 is 1. The van der Waals surface area contributed by atoms with Crippen molar-refractivity contribution in [2.24, 2.45) is 0 Å². The fourth-order valence-corrected chi connectivity index (χ4v) is 1.23. The molecule has 0 atom stereocenters. The van der Waals surface area contributed by atoms with Gasteiger partial charge in [-0.1, -0.05) is 0 Å². The fourth-order valence-electron chi connectivity index (χ4n) is 0.862. The summed E-state index contributed by atoms with van der Waals surface area (Å²) in [5.74, 6) is 0. The molecule has 0 aromatic rings. The molecule has 0 aliphatic carbocycles. The van der Waals surface area contributed by atoms with Crippen LogP contribution >= 0.6 is 0 Å². The third-order valence-corrected chi connectivity index (χ3v) is 4.41. The van der Waals surface area contributed by atoms with Gasteiger partial charge in [-0.3, -0.25) is 0 Å². The summed E-state index contributed by atoms with van der Waals surface area (Å²) in [6.45, 7) is 5.42. The number of hydrogen-bond donors (Lipinski definition) is 1. The van der Waals surface area contributed by atoms with E-state index in [-0.39, 0.29) is 0 Å². The number of rotatable bonds is 7. The van der Waals surface area contributed by atoms with Crippen molar-refractivity contribution in [3.63, 3.8) is 0 Å². The number of hydrogen-bond acceptors (Lipinski definition) is 4. The molecule has 0 spiro atoms. The van der Waals surface area contributed by atoms with Crippen LogP contribution in [-0.4, -0.2) is 46.2 Å². The van der Waals surface area contributed by atoms with Crippen molar-refractivity contribution in [3.05, 3.63) is 0 Å². The zero-order valence-electron chi connectivity index (χ0n) is 9.46. The molecule has 0 aromatic carbocycles. The lowest BCUT2D eigenvalue weighted by molar-refractivity contribution is 0.194. The predicted octanol–water partition coefficient (Wildman–Crippen LogP) is 0.436. The molecule has 0 saturated heterocycles. The van der Waals surface area contributed by atoms with Gasteiger partial charge in [0, 0.05) is 26.5 Å². The first-order valence-electron chi connectivity index (χ1n) is 4.70. The first-order valence-corrected chi connectivity index (χ1v) is 6.59. The maximum Gasteiger partial charge on any atom is 0.153 e. The highest BCUT2D eigenvalue weighted by Crippen LogP contribution is 2.13. The molecule has 0 fully saturated rings. The minimum absolute atomic E-state index is 0.482. The Kier molecular flexibility index (Phi) is 5.63. The van der Waals surface area contributed by atoms with Gasteiger partial charge in [0.15, 0.2) is 9.84 Å². The molecule has 0 radical (unpaired) electrons. The Morgan fingerprint density at radius 1 is 1.36 bits per heavy atom. The number of sulfone groups is 1. The van der Waals surface area contributed by atoms with Gasteiger partial charge >= 0.3 is 0 Å². The minimum atomic E-state index is -2.99. The van der Waals surface area contributed by atoms with Gasteiger partial charge in [0.2, 0.25) is 0 Å². The molecule has 4 nitrogen and oxygen atoms in total. The van der Waals surface area contributed by atoms with E-state index >= 15 is 0 Å². The Hall–Kier alpha value is -0.130. The zero-order chi connectivity index (χ0) is 11.2. The smallest absolute Gasteiger partial charge is 0.153 e. The molecule has 86 valence electrons. The lowest BCUT2D eigenvalue weighted by atomic mass is 10.2. The van der Waals surface area contributed by atoms with E-state index in [0.29, 0.717) is 13.2 Å². The quantitative estimate of drug-likeness (QED) is 0.636. The highest BCUT2D eigenvalue weighted by atomic mass is 32.2. The molecule has 0 heterocycles. The van der Waals surface area contributed by atoms with Gasteiger partial charge in [-0.05, 0) is 26.8 Å². The molecule has 0 rings (SSSR count). The molecule has 5 heteroatoms. The average molecular weight is 223 g/mol. The van der Waals surface area contributed by atoms with Gasteiger partial charge in [-0.2, -0.15) is 0 Å². The van der Waals surface area contributed by atoms with Gasteiger partial charge in [0.05, 0.1) is 4.75 Å². The third-order valence-electron chi connectivity index (χ3n) is 2.26. The zero-order valence-corrected chi connectivity index (χ0v) is 10.3. The standard InChI is InChI=1S/C9H21NO3S/c1-9(2,14(4,11)12)8-10-6-5-7-13-3/h10H,5-8H2,1-4H3. The summed E-state index contributed by atoms with van der Waals surface area (Å²) in [5, 5.41) is 3.11. The fraction of sp³-hybridized carbons (Fsp3) is 1.00. The van der Waals surface area contributed by atoms with E-state index in [1.54, 1.807) is 21.0 Å². The van der Waals surface area contributed by atoms with Crippen LogP contribution in [0.5, 0.6) is 0 Å². The van der Waals surface area contributed by atoms with E-state index in [1.165, 1.54) is 6.26 Å². The van der Waals surface area contributed by atoms with Gasteiger partial charge in [0.1, 0.15) is 0 Å². The molecule has 0 bridgehead atoms. The molecule has 1 N–H and O–H groups in total. The first kappa shape index (κ1) is 13.9. The summed E-state index contributed by atoms with van der Waals surface area (Å²) >= 11 is 0. The van der Waals surface area contributed by atoms with Crippen molar-refractivity contribution in [1.82, 2.24) is 5.32 Å². The van der Waals surface area contributed by atoms with Crippen molar-refractivity contribution < 1.29 is 13.2 Å². The van der Waals surface area contributed by atoms with Crippen LogP contribution in [0.4, 0.5) is 0 Å². The summed E-state index contributed by atoms with van der Waals surface area (Å²) in [4.78, 5) is 0. The second-order valence-electron chi connectivity index (χ2n) is 4.05. The molecule has 14 heavy (non-hydrogen) atoms. The van der Waals surface area contributed by atoms with Crippen LogP contribution in [0.3, 0.4) is 0 Å². The maximum atomic E-state index is 11.3. The van der Waals surface area contributed by atoms with Crippen LogP contribution in [0, 0.1) is 0 Å². The second kappa shape index (κ2) is 5.68. The molecule has 0 aromatic heterocycles. The summed E-state index contributed by atoms with van der Waals surface area (Å²) in [5.41, 5.74) is 0. The van der Waals surface area contributed by atoms with Crippen LogP contribution in [-0.2, 0) is 14.6 Å². The Morgan fingerprint density at radius 2 is 1.93 bits per heavy atom. The van der Waals surface area contributed by atoms with Crippen molar-refractivity contribution in [2.45, 2.75) is 25.0 Å². The van der Waals surface area contributed by atoms with Gasteiger partial charge in [-0.15, -0.1) is 0 Å².